The lowest BCUT2D eigenvalue weighted by Crippen LogP contribution is -2.35. The molecule has 0 spiro atoms. The van der Waals surface area contributed by atoms with Gasteiger partial charge in [0.2, 0.25) is 5.91 Å². The summed E-state index contributed by atoms with van der Waals surface area (Å²) in [5, 5.41) is 4.18. The van der Waals surface area contributed by atoms with Crippen LogP contribution in [0.1, 0.15) is 30.7 Å². The molecule has 4 heteroatoms. The monoisotopic (exact) mass is 337 g/mol. The van der Waals surface area contributed by atoms with Gasteiger partial charge in [-0.2, -0.15) is 0 Å². The maximum Gasteiger partial charge on any atom is 0.231 e. The molecule has 1 aliphatic heterocycles. The molecule has 3 nitrogen and oxygen atoms in total. The number of carbonyl (C=O) groups is 1. The van der Waals surface area contributed by atoms with Crippen LogP contribution in [0, 0.1) is 11.8 Å². The highest BCUT2D eigenvalue weighted by molar-refractivity contribution is 9.09. The molecule has 1 fully saturated rings. The SMILES string of the molecule is O=C(NCC1CCCC1CBr)C1COc2ccccc21. The summed E-state index contributed by atoms with van der Waals surface area (Å²) >= 11 is 3.58. The van der Waals surface area contributed by atoms with Crippen molar-refractivity contribution >= 4 is 21.8 Å². The Hall–Kier alpha value is -1.03. The van der Waals surface area contributed by atoms with Crippen molar-refractivity contribution in [2.24, 2.45) is 11.8 Å². The van der Waals surface area contributed by atoms with E-state index in [1.165, 1.54) is 19.3 Å². The molecule has 1 aliphatic carbocycles. The van der Waals surface area contributed by atoms with E-state index in [1.54, 1.807) is 0 Å². The predicted molar refractivity (Wildman–Crippen MR) is 82.3 cm³/mol. The highest BCUT2D eigenvalue weighted by Crippen LogP contribution is 2.35. The number of fused-ring (bicyclic) bond motifs is 1. The molecule has 0 bridgehead atoms. The fraction of sp³-hybridized carbons (Fsp3) is 0.562. The Morgan fingerprint density at radius 2 is 2.10 bits per heavy atom. The van der Waals surface area contributed by atoms with Gasteiger partial charge in [0.15, 0.2) is 0 Å². The van der Waals surface area contributed by atoms with Crippen molar-refractivity contribution in [2.45, 2.75) is 25.2 Å². The van der Waals surface area contributed by atoms with E-state index in [1.807, 2.05) is 24.3 Å². The largest absolute Gasteiger partial charge is 0.492 e. The number of benzene rings is 1. The van der Waals surface area contributed by atoms with Gasteiger partial charge in [-0.3, -0.25) is 4.79 Å². The van der Waals surface area contributed by atoms with Crippen LogP contribution in [0.2, 0.25) is 0 Å². The Morgan fingerprint density at radius 1 is 1.30 bits per heavy atom. The maximum absolute atomic E-state index is 12.4. The zero-order chi connectivity index (χ0) is 13.9. The van der Waals surface area contributed by atoms with Crippen LogP contribution in [-0.2, 0) is 4.79 Å². The molecule has 1 amide bonds. The number of hydrogen-bond donors (Lipinski definition) is 1. The Morgan fingerprint density at radius 3 is 2.95 bits per heavy atom. The average molecular weight is 338 g/mol. The first-order chi connectivity index (χ1) is 9.79. The summed E-state index contributed by atoms with van der Waals surface area (Å²) < 4.78 is 5.58. The minimum Gasteiger partial charge on any atom is -0.492 e. The second-order valence-corrected chi connectivity index (χ2v) is 6.40. The molecular formula is C16H20BrNO2. The number of ether oxygens (including phenoxy) is 1. The first-order valence-electron chi connectivity index (χ1n) is 7.35. The Kier molecular flexibility index (Phi) is 4.29. The number of para-hydroxylation sites is 1. The molecule has 1 aromatic rings. The molecule has 0 aromatic heterocycles. The van der Waals surface area contributed by atoms with Crippen molar-refractivity contribution in [2.75, 3.05) is 18.5 Å². The molecule has 2 aliphatic rings. The molecule has 1 N–H and O–H groups in total. The van der Waals surface area contributed by atoms with Crippen molar-refractivity contribution in [3.05, 3.63) is 29.8 Å². The summed E-state index contributed by atoms with van der Waals surface area (Å²) in [4.78, 5) is 12.4. The topological polar surface area (TPSA) is 38.3 Å². The van der Waals surface area contributed by atoms with Gasteiger partial charge in [0.05, 0.1) is 0 Å². The van der Waals surface area contributed by atoms with Gasteiger partial charge >= 0.3 is 0 Å². The number of rotatable bonds is 4. The number of amides is 1. The standard InChI is InChI=1S/C16H20BrNO2/c17-8-11-4-3-5-12(11)9-18-16(19)14-10-20-15-7-2-1-6-13(14)15/h1-2,6-7,11-12,14H,3-5,8-10H2,(H,18,19). The highest BCUT2D eigenvalue weighted by Gasteiger charge is 2.31. The molecular weight excluding hydrogens is 318 g/mol. The second kappa shape index (κ2) is 6.17. The number of hydrogen-bond acceptors (Lipinski definition) is 2. The van der Waals surface area contributed by atoms with Gasteiger partial charge in [0.1, 0.15) is 18.3 Å². The van der Waals surface area contributed by atoms with Crippen LogP contribution in [0.25, 0.3) is 0 Å². The lowest BCUT2D eigenvalue weighted by molar-refractivity contribution is -0.123. The normalized spacial score (nSPS) is 27.9. The van der Waals surface area contributed by atoms with Crippen LogP contribution < -0.4 is 10.1 Å². The van der Waals surface area contributed by atoms with E-state index in [4.69, 9.17) is 4.74 Å². The van der Waals surface area contributed by atoms with E-state index in [0.717, 1.165) is 23.2 Å². The van der Waals surface area contributed by atoms with E-state index in [2.05, 4.69) is 21.2 Å². The van der Waals surface area contributed by atoms with E-state index in [9.17, 15) is 4.79 Å². The third-order valence-electron chi connectivity index (χ3n) is 4.57. The first-order valence-corrected chi connectivity index (χ1v) is 8.47. The van der Waals surface area contributed by atoms with Crippen molar-refractivity contribution in [1.29, 1.82) is 0 Å². The van der Waals surface area contributed by atoms with Gasteiger partial charge in [0, 0.05) is 17.4 Å². The molecule has 20 heavy (non-hydrogen) atoms. The zero-order valence-corrected chi connectivity index (χ0v) is 13.1. The lowest BCUT2D eigenvalue weighted by Gasteiger charge is -2.19. The van der Waals surface area contributed by atoms with Crippen LogP contribution >= 0.6 is 15.9 Å². The van der Waals surface area contributed by atoms with Crippen molar-refractivity contribution in [1.82, 2.24) is 5.32 Å². The van der Waals surface area contributed by atoms with Crippen molar-refractivity contribution in [3.63, 3.8) is 0 Å². The van der Waals surface area contributed by atoms with E-state index >= 15 is 0 Å². The summed E-state index contributed by atoms with van der Waals surface area (Å²) in [6.07, 6.45) is 3.79. The summed E-state index contributed by atoms with van der Waals surface area (Å²) in [5.74, 6) is 2.15. The van der Waals surface area contributed by atoms with Crippen LogP contribution in [-0.4, -0.2) is 24.4 Å². The Bertz CT molecular complexity index is 491. The summed E-state index contributed by atoms with van der Waals surface area (Å²) in [7, 11) is 0. The van der Waals surface area contributed by atoms with Crippen LogP contribution in [0.4, 0.5) is 0 Å². The predicted octanol–water partition coefficient (Wildman–Crippen LogP) is 3.09. The van der Waals surface area contributed by atoms with Gasteiger partial charge in [-0.15, -0.1) is 0 Å². The molecule has 1 saturated carbocycles. The van der Waals surface area contributed by atoms with E-state index in [0.29, 0.717) is 18.4 Å². The van der Waals surface area contributed by atoms with Crippen LogP contribution in [0.15, 0.2) is 24.3 Å². The second-order valence-electron chi connectivity index (χ2n) is 5.75. The molecule has 108 valence electrons. The number of halogens is 1. The smallest absolute Gasteiger partial charge is 0.231 e. The fourth-order valence-electron chi connectivity index (χ4n) is 3.32. The van der Waals surface area contributed by atoms with Crippen molar-refractivity contribution in [3.8, 4) is 5.75 Å². The third-order valence-corrected chi connectivity index (χ3v) is 5.40. The third kappa shape index (κ3) is 2.71. The molecule has 3 unspecified atom stereocenters. The number of carbonyl (C=O) groups excluding carboxylic acids is 1. The van der Waals surface area contributed by atoms with Gasteiger partial charge in [-0.25, -0.2) is 0 Å². The average Bonchev–Trinajstić information content (AvgIpc) is 3.11. The molecule has 0 radical (unpaired) electrons. The highest BCUT2D eigenvalue weighted by atomic mass is 79.9. The van der Waals surface area contributed by atoms with Gasteiger partial charge in [-0.1, -0.05) is 40.5 Å². The molecule has 3 rings (SSSR count). The Balaban J connectivity index is 1.58. The Labute approximate surface area is 128 Å². The summed E-state index contributed by atoms with van der Waals surface area (Å²) in [6, 6.07) is 7.83. The number of nitrogens with one attached hydrogen (secondary N) is 1. The number of alkyl halides is 1. The lowest BCUT2D eigenvalue weighted by atomic mass is 9.97. The summed E-state index contributed by atoms with van der Waals surface area (Å²) in [5.41, 5.74) is 1.02. The van der Waals surface area contributed by atoms with Crippen LogP contribution in [0.5, 0.6) is 5.75 Å². The van der Waals surface area contributed by atoms with E-state index < -0.39 is 0 Å². The quantitative estimate of drug-likeness (QED) is 0.857. The summed E-state index contributed by atoms with van der Waals surface area (Å²) in [6.45, 7) is 1.27. The fourth-order valence-corrected chi connectivity index (χ4v) is 4.17. The van der Waals surface area contributed by atoms with Crippen molar-refractivity contribution < 1.29 is 9.53 Å². The minimum atomic E-state index is -0.143. The van der Waals surface area contributed by atoms with Gasteiger partial charge in [-0.05, 0) is 30.7 Å². The minimum absolute atomic E-state index is 0.107. The molecule has 1 aromatic carbocycles. The van der Waals surface area contributed by atoms with Gasteiger partial charge < -0.3 is 10.1 Å². The zero-order valence-electron chi connectivity index (χ0n) is 11.5. The first kappa shape index (κ1) is 13.9. The molecule has 3 atom stereocenters. The van der Waals surface area contributed by atoms with E-state index in [-0.39, 0.29) is 11.8 Å². The maximum atomic E-state index is 12.4. The molecule has 1 heterocycles. The molecule has 0 saturated heterocycles. The van der Waals surface area contributed by atoms with Crippen LogP contribution in [0.3, 0.4) is 0 Å². The van der Waals surface area contributed by atoms with Gasteiger partial charge in [0.25, 0.3) is 0 Å².